The van der Waals surface area contributed by atoms with Gasteiger partial charge in [-0.25, -0.2) is 9.97 Å². The molecule has 0 radical (unpaired) electrons. The van der Waals surface area contributed by atoms with Gasteiger partial charge in [-0.2, -0.15) is 0 Å². The zero-order valence-corrected chi connectivity index (χ0v) is 14.1. The molecule has 3 aromatic rings. The summed E-state index contributed by atoms with van der Waals surface area (Å²) in [4.78, 5) is 9.46. The second-order valence-electron chi connectivity index (χ2n) is 5.81. The Morgan fingerprint density at radius 1 is 1.00 bits per heavy atom. The van der Waals surface area contributed by atoms with Gasteiger partial charge in [-0.3, -0.25) is 0 Å². The zero-order valence-electron chi connectivity index (χ0n) is 14.1. The molecule has 0 aliphatic carbocycles. The van der Waals surface area contributed by atoms with Crippen LogP contribution in [0.4, 0.5) is 11.5 Å². The molecule has 0 amide bonds. The third-order valence-electron chi connectivity index (χ3n) is 3.88. The summed E-state index contributed by atoms with van der Waals surface area (Å²) in [6.07, 6.45) is 2.62. The highest BCUT2D eigenvalue weighted by Crippen LogP contribution is 2.26. The molecule has 1 heterocycles. The SMILES string of the molecule is C=CCc1c(C)nc(-c2ccccc2)nc1Nc1cccc(C)c1. The Morgan fingerprint density at radius 2 is 1.79 bits per heavy atom. The molecule has 1 N–H and O–H groups in total. The smallest absolute Gasteiger partial charge is 0.161 e. The zero-order chi connectivity index (χ0) is 16.9. The van der Waals surface area contributed by atoms with Crippen LogP contribution in [-0.2, 0) is 6.42 Å². The van der Waals surface area contributed by atoms with Crippen molar-refractivity contribution in [2.45, 2.75) is 20.3 Å². The molecule has 0 aliphatic rings. The van der Waals surface area contributed by atoms with Gasteiger partial charge < -0.3 is 5.32 Å². The highest BCUT2D eigenvalue weighted by atomic mass is 15.0. The summed E-state index contributed by atoms with van der Waals surface area (Å²) >= 11 is 0. The van der Waals surface area contributed by atoms with Gasteiger partial charge in [0.15, 0.2) is 5.82 Å². The van der Waals surface area contributed by atoms with Crippen molar-refractivity contribution in [3.8, 4) is 11.4 Å². The molecular weight excluding hydrogens is 294 g/mol. The van der Waals surface area contributed by atoms with E-state index in [4.69, 9.17) is 4.98 Å². The van der Waals surface area contributed by atoms with Gasteiger partial charge in [0.1, 0.15) is 5.82 Å². The van der Waals surface area contributed by atoms with E-state index in [1.165, 1.54) is 5.56 Å². The van der Waals surface area contributed by atoms with Crippen molar-refractivity contribution in [3.63, 3.8) is 0 Å². The number of rotatable bonds is 5. The summed E-state index contributed by atoms with van der Waals surface area (Å²) in [6, 6.07) is 18.3. The highest BCUT2D eigenvalue weighted by molar-refractivity contribution is 5.65. The number of anilines is 2. The van der Waals surface area contributed by atoms with Crippen LogP contribution in [0.3, 0.4) is 0 Å². The van der Waals surface area contributed by atoms with Gasteiger partial charge in [-0.05, 0) is 38.0 Å². The molecule has 3 nitrogen and oxygen atoms in total. The van der Waals surface area contributed by atoms with E-state index in [1.807, 2.05) is 55.5 Å². The van der Waals surface area contributed by atoms with E-state index < -0.39 is 0 Å². The molecule has 24 heavy (non-hydrogen) atoms. The number of hydrogen-bond acceptors (Lipinski definition) is 3. The molecule has 120 valence electrons. The van der Waals surface area contributed by atoms with E-state index in [-0.39, 0.29) is 0 Å². The Labute approximate surface area is 143 Å². The monoisotopic (exact) mass is 315 g/mol. The predicted octanol–water partition coefficient (Wildman–Crippen LogP) is 5.23. The van der Waals surface area contributed by atoms with Crippen molar-refractivity contribution in [1.82, 2.24) is 9.97 Å². The number of nitrogens with one attached hydrogen (secondary N) is 1. The second kappa shape index (κ2) is 7.09. The number of nitrogens with zero attached hydrogens (tertiary/aromatic N) is 2. The summed E-state index contributed by atoms with van der Waals surface area (Å²) in [5.74, 6) is 1.57. The average Bonchev–Trinajstić information content (AvgIpc) is 2.58. The van der Waals surface area contributed by atoms with E-state index in [0.29, 0.717) is 0 Å². The van der Waals surface area contributed by atoms with E-state index in [1.54, 1.807) is 0 Å². The van der Waals surface area contributed by atoms with E-state index in [0.717, 1.165) is 40.6 Å². The molecule has 3 rings (SSSR count). The third kappa shape index (κ3) is 3.51. The number of benzene rings is 2. The summed E-state index contributed by atoms with van der Waals surface area (Å²) in [5.41, 5.74) is 5.29. The average molecular weight is 315 g/mol. The maximum atomic E-state index is 4.78. The Hall–Kier alpha value is -2.94. The van der Waals surface area contributed by atoms with Crippen LogP contribution in [-0.4, -0.2) is 9.97 Å². The maximum Gasteiger partial charge on any atom is 0.161 e. The number of allylic oxidation sites excluding steroid dienone is 1. The Balaban J connectivity index is 2.07. The fourth-order valence-electron chi connectivity index (χ4n) is 2.66. The first-order valence-electron chi connectivity index (χ1n) is 8.05. The van der Waals surface area contributed by atoms with Crippen LogP contribution in [0.25, 0.3) is 11.4 Å². The van der Waals surface area contributed by atoms with Gasteiger partial charge >= 0.3 is 0 Å². The van der Waals surface area contributed by atoms with Crippen LogP contribution < -0.4 is 5.32 Å². The molecule has 0 spiro atoms. The minimum Gasteiger partial charge on any atom is -0.340 e. The Bertz CT molecular complexity index is 854. The fourth-order valence-corrected chi connectivity index (χ4v) is 2.66. The molecule has 3 heteroatoms. The lowest BCUT2D eigenvalue weighted by Crippen LogP contribution is -2.05. The topological polar surface area (TPSA) is 37.8 Å². The van der Waals surface area contributed by atoms with E-state index in [2.05, 4.69) is 35.9 Å². The van der Waals surface area contributed by atoms with Crippen molar-refractivity contribution in [3.05, 3.63) is 84.1 Å². The second-order valence-corrected chi connectivity index (χ2v) is 5.81. The fraction of sp³-hybridized carbons (Fsp3) is 0.143. The lowest BCUT2D eigenvalue weighted by molar-refractivity contribution is 1.04. The molecule has 0 bridgehead atoms. The summed E-state index contributed by atoms with van der Waals surface area (Å²) in [5, 5.41) is 3.45. The summed E-state index contributed by atoms with van der Waals surface area (Å²) < 4.78 is 0. The van der Waals surface area contributed by atoms with Crippen LogP contribution in [0.1, 0.15) is 16.8 Å². The quantitative estimate of drug-likeness (QED) is 0.655. The minimum absolute atomic E-state index is 0.731. The summed E-state index contributed by atoms with van der Waals surface area (Å²) in [6.45, 7) is 7.96. The number of aryl methyl sites for hydroxylation is 2. The Kier molecular flexibility index (Phi) is 4.71. The van der Waals surface area contributed by atoms with Gasteiger partial charge in [-0.15, -0.1) is 6.58 Å². The van der Waals surface area contributed by atoms with Gasteiger partial charge in [-0.1, -0.05) is 48.5 Å². The first-order valence-corrected chi connectivity index (χ1v) is 8.05. The molecule has 0 saturated heterocycles. The van der Waals surface area contributed by atoms with Gasteiger partial charge in [0.25, 0.3) is 0 Å². The first-order chi connectivity index (χ1) is 11.7. The first kappa shape index (κ1) is 15.9. The highest BCUT2D eigenvalue weighted by Gasteiger charge is 2.12. The predicted molar refractivity (Wildman–Crippen MR) is 101 cm³/mol. The normalized spacial score (nSPS) is 10.4. The molecule has 0 aliphatic heterocycles. The van der Waals surface area contributed by atoms with Crippen molar-refractivity contribution in [1.29, 1.82) is 0 Å². The lowest BCUT2D eigenvalue weighted by atomic mass is 10.1. The van der Waals surface area contributed by atoms with Crippen LogP contribution in [0.15, 0.2) is 67.3 Å². The number of hydrogen-bond donors (Lipinski definition) is 1. The van der Waals surface area contributed by atoms with Crippen molar-refractivity contribution in [2.24, 2.45) is 0 Å². The molecule has 0 fully saturated rings. The standard InChI is InChI=1S/C21H21N3/c1-4-9-19-16(3)22-20(17-11-6-5-7-12-17)24-21(19)23-18-13-8-10-15(2)14-18/h4-8,10-14H,1,9H2,2-3H3,(H,22,23,24). The Morgan fingerprint density at radius 3 is 2.50 bits per heavy atom. The maximum absolute atomic E-state index is 4.78. The molecule has 2 aromatic carbocycles. The van der Waals surface area contributed by atoms with E-state index in [9.17, 15) is 0 Å². The lowest BCUT2D eigenvalue weighted by Gasteiger charge is -2.14. The van der Waals surface area contributed by atoms with Gasteiger partial charge in [0.2, 0.25) is 0 Å². The van der Waals surface area contributed by atoms with Crippen molar-refractivity contribution >= 4 is 11.5 Å². The van der Waals surface area contributed by atoms with Crippen LogP contribution in [0.2, 0.25) is 0 Å². The van der Waals surface area contributed by atoms with E-state index >= 15 is 0 Å². The van der Waals surface area contributed by atoms with Crippen molar-refractivity contribution < 1.29 is 0 Å². The van der Waals surface area contributed by atoms with Gasteiger partial charge in [0, 0.05) is 22.5 Å². The van der Waals surface area contributed by atoms with Crippen LogP contribution in [0.5, 0.6) is 0 Å². The molecule has 0 unspecified atom stereocenters. The van der Waals surface area contributed by atoms with Crippen LogP contribution in [0, 0.1) is 13.8 Å². The number of aromatic nitrogens is 2. The molecule has 0 saturated carbocycles. The molecular formula is C21H21N3. The van der Waals surface area contributed by atoms with Gasteiger partial charge in [0.05, 0.1) is 0 Å². The molecule has 0 atom stereocenters. The van der Waals surface area contributed by atoms with Crippen LogP contribution >= 0.6 is 0 Å². The largest absolute Gasteiger partial charge is 0.340 e. The minimum atomic E-state index is 0.731. The molecule has 1 aromatic heterocycles. The van der Waals surface area contributed by atoms with Crippen molar-refractivity contribution in [2.75, 3.05) is 5.32 Å². The third-order valence-corrected chi connectivity index (χ3v) is 3.88. The summed E-state index contributed by atoms with van der Waals surface area (Å²) in [7, 11) is 0.